The molecule has 1 N–H and O–H groups in total. The van der Waals surface area contributed by atoms with E-state index in [9.17, 15) is 0 Å². The highest BCUT2D eigenvalue weighted by Gasteiger charge is 2.27. The molecule has 0 amide bonds. The number of rotatable bonds is 4. The fourth-order valence-corrected chi connectivity index (χ4v) is 3.70. The molecule has 2 heterocycles. The topological polar surface area (TPSA) is 20.2 Å². The van der Waals surface area contributed by atoms with Crippen molar-refractivity contribution in [3.8, 4) is 5.75 Å². The van der Waals surface area contributed by atoms with Crippen molar-refractivity contribution in [2.45, 2.75) is 25.4 Å². The van der Waals surface area contributed by atoms with Crippen LogP contribution in [0.15, 0.2) is 24.3 Å². The molecule has 4 nitrogen and oxygen atoms in total. The molecular formula is C18H30N3O+. The summed E-state index contributed by atoms with van der Waals surface area (Å²) in [6, 6.07) is 9.33. The van der Waals surface area contributed by atoms with E-state index in [0.717, 1.165) is 18.3 Å². The number of ether oxygens (including phenoxy) is 1. The molecule has 3 rings (SSSR count). The Kier molecular flexibility index (Phi) is 5.34. The van der Waals surface area contributed by atoms with Gasteiger partial charge in [-0.1, -0.05) is 12.1 Å². The minimum absolute atomic E-state index is 0.820. The van der Waals surface area contributed by atoms with E-state index in [2.05, 4.69) is 41.1 Å². The molecular weight excluding hydrogens is 274 g/mol. The maximum atomic E-state index is 5.23. The summed E-state index contributed by atoms with van der Waals surface area (Å²) in [6.07, 6.45) is 2.66. The van der Waals surface area contributed by atoms with Gasteiger partial charge in [0.15, 0.2) is 0 Å². The molecule has 2 aliphatic rings. The minimum Gasteiger partial charge on any atom is -0.497 e. The van der Waals surface area contributed by atoms with E-state index in [1.165, 1.54) is 57.7 Å². The fraction of sp³-hybridized carbons (Fsp3) is 0.667. The number of methoxy groups -OCH3 is 1. The van der Waals surface area contributed by atoms with E-state index < -0.39 is 0 Å². The number of piperidine rings is 1. The third kappa shape index (κ3) is 4.00. The normalized spacial score (nSPS) is 22.8. The molecule has 0 saturated carbocycles. The highest BCUT2D eigenvalue weighted by molar-refractivity contribution is 5.27. The van der Waals surface area contributed by atoms with Crippen LogP contribution < -0.4 is 9.64 Å². The number of quaternary nitrogens is 1. The summed E-state index contributed by atoms with van der Waals surface area (Å²) in [4.78, 5) is 7.02. The molecule has 1 aromatic rings. The van der Waals surface area contributed by atoms with Crippen LogP contribution in [0.5, 0.6) is 5.75 Å². The first-order chi connectivity index (χ1) is 10.7. The zero-order valence-corrected chi connectivity index (χ0v) is 14.1. The maximum Gasteiger partial charge on any atom is 0.118 e. The van der Waals surface area contributed by atoms with Crippen LogP contribution in [0.1, 0.15) is 18.4 Å². The fourth-order valence-electron chi connectivity index (χ4n) is 3.70. The minimum atomic E-state index is 0.820. The Morgan fingerprint density at radius 3 is 2.27 bits per heavy atom. The molecule has 0 bridgehead atoms. The van der Waals surface area contributed by atoms with Crippen molar-refractivity contribution < 1.29 is 9.64 Å². The highest BCUT2D eigenvalue weighted by atomic mass is 16.5. The Bertz CT molecular complexity index is 446. The lowest BCUT2D eigenvalue weighted by Crippen LogP contribution is -3.12. The second kappa shape index (κ2) is 7.44. The van der Waals surface area contributed by atoms with Crippen LogP contribution in [0.2, 0.25) is 0 Å². The number of likely N-dealkylation sites (tertiary alicyclic amines) is 1. The predicted octanol–water partition coefficient (Wildman–Crippen LogP) is 0.490. The summed E-state index contributed by atoms with van der Waals surface area (Å²) in [6.45, 7) is 8.73. The van der Waals surface area contributed by atoms with Gasteiger partial charge in [0.1, 0.15) is 5.75 Å². The molecule has 0 radical (unpaired) electrons. The monoisotopic (exact) mass is 304 g/mol. The van der Waals surface area contributed by atoms with Crippen molar-refractivity contribution in [3.05, 3.63) is 29.8 Å². The molecule has 2 fully saturated rings. The number of hydrogen-bond acceptors (Lipinski definition) is 3. The van der Waals surface area contributed by atoms with Gasteiger partial charge in [0.05, 0.1) is 27.2 Å². The number of piperazine rings is 1. The number of nitrogens with zero attached hydrogens (tertiary/aromatic N) is 2. The predicted molar refractivity (Wildman–Crippen MR) is 89.5 cm³/mol. The Balaban J connectivity index is 1.45. The molecule has 0 aliphatic carbocycles. The van der Waals surface area contributed by atoms with Gasteiger partial charge in [-0.2, -0.15) is 0 Å². The average Bonchev–Trinajstić information content (AvgIpc) is 2.57. The largest absolute Gasteiger partial charge is 0.497 e. The molecule has 2 saturated heterocycles. The Morgan fingerprint density at radius 2 is 1.68 bits per heavy atom. The first kappa shape index (κ1) is 15.8. The van der Waals surface area contributed by atoms with Crippen LogP contribution in [0.4, 0.5) is 0 Å². The average molecular weight is 304 g/mol. The molecule has 0 unspecified atom stereocenters. The van der Waals surface area contributed by atoms with Gasteiger partial charge >= 0.3 is 0 Å². The summed E-state index contributed by atoms with van der Waals surface area (Å²) in [7, 11) is 4.04. The Morgan fingerprint density at radius 1 is 1.05 bits per heavy atom. The van der Waals surface area contributed by atoms with Crippen LogP contribution in [0.3, 0.4) is 0 Å². The second-order valence-corrected chi connectivity index (χ2v) is 6.85. The molecule has 0 atom stereocenters. The molecule has 2 aliphatic heterocycles. The Hall–Kier alpha value is -1.10. The van der Waals surface area contributed by atoms with Crippen molar-refractivity contribution in [1.82, 2.24) is 9.80 Å². The highest BCUT2D eigenvalue weighted by Crippen LogP contribution is 2.19. The zero-order valence-electron chi connectivity index (χ0n) is 14.1. The van der Waals surface area contributed by atoms with Crippen LogP contribution in [-0.2, 0) is 6.54 Å². The third-order valence-electron chi connectivity index (χ3n) is 5.29. The summed E-state index contributed by atoms with van der Waals surface area (Å²) in [5.74, 6) is 0.944. The van der Waals surface area contributed by atoms with E-state index in [1.54, 1.807) is 12.0 Å². The summed E-state index contributed by atoms with van der Waals surface area (Å²) < 4.78 is 5.23. The maximum absolute atomic E-state index is 5.23. The lowest BCUT2D eigenvalue weighted by atomic mass is 10.0. The van der Waals surface area contributed by atoms with Gasteiger partial charge in [-0.05, 0) is 43.6 Å². The van der Waals surface area contributed by atoms with Crippen LogP contribution in [0, 0.1) is 0 Å². The van der Waals surface area contributed by atoms with Crippen LogP contribution in [-0.4, -0.2) is 69.3 Å². The first-order valence-corrected chi connectivity index (χ1v) is 8.65. The van der Waals surface area contributed by atoms with Crippen molar-refractivity contribution in [2.75, 3.05) is 53.4 Å². The zero-order chi connectivity index (χ0) is 15.4. The first-order valence-electron chi connectivity index (χ1n) is 8.65. The van der Waals surface area contributed by atoms with E-state index in [-0.39, 0.29) is 0 Å². The van der Waals surface area contributed by atoms with E-state index in [4.69, 9.17) is 4.74 Å². The Labute approximate surface area is 134 Å². The van der Waals surface area contributed by atoms with E-state index in [1.807, 2.05) is 0 Å². The number of benzene rings is 1. The van der Waals surface area contributed by atoms with Gasteiger partial charge in [0, 0.05) is 25.7 Å². The molecule has 0 aromatic heterocycles. The van der Waals surface area contributed by atoms with E-state index >= 15 is 0 Å². The van der Waals surface area contributed by atoms with Gasteiger partial charge in [0.25, 0.3) is 0 Å². The van der Waals surface area contributed by atoms with Gasteiger partial charge in [-0.15, -0.1) is 0 Å². The SMILES string of the molecule is COc1ccc(CN2CCC(N3CC[NH+](C)CC3)CC2)cc1. The smallest absolute Gasteiger partial charge is 0.118 e. The van der Waals surface area contributed by atoms with Gasteiger partial charge in [-0.3, -0.25) is 9.80 Å². The van der Waals surface area contributed by atoms with Crippen LogP contribution in [0.25, 0.3) is 0 Å². The summed E-state index contributed by atoms with van der Waals surface area (Å²) in [5, 5.41) is 0. The molecule has 1 aromatic carbocycles. The number of nitrogens with one attached hydrogen (secondary N) is 1. The molecule has 4 heteroatoms. The van der Waals surface area contributed by atoms with Crippen molar-refractivity contribution in [3.63, 3.8) is 0 Å². The van der Waals surface area contributed by atoms with Gasteiger partial charge in [0.2, 0.25) is 0 Å². The van der Waals surface area contributed by atoms with E-state index in [0.29, 0.717) is 0 Å². The summed E-state index contributed by atoms with van der Waals surface area (Å²) in [5.41, 5.74) is 1.39. The third-order valence-corrected chi connectivity index (χ3v) is 5.29. The lowest BCUT2D eigenvalue weighted by Gasteiger charge is -2.40. The number of likely N-dealkylation sites (N-methyl/N-ethyl adjacent to an activating group) is 1. The molecule has 122 valence electrons. The second-order valence-electron chi connectivity index (χ2n) is 6.85. The molecule has 22 heavy (non-hydrogen) atoms. The van der Waals surface area contributed by atoms with Crippen molar-refractivity contribution >= 4 is 0 Å². The van der Waals surface area contributed by atoms with Crippen molar-refractivity contribution in [2.24, 2.45) is 0 Å². The quantitative estimate of drug-likeness (QED) is 0.874. The van der Waals surface area contributed by atoms with Crippen LogP contribution >= 0.6 is 0 Å². The standard InChI is InChI=1S/C18H29N3O/c1-19-11-13-21(14-12-19)17-7-9-20(10-8-17)15-16-3-5-18(22-2)6-4-16/h3-6,17H,7-15H2,1-2H3/p+1. The van der Waals surface area contributed by atoms with Gasteiger partial charge < -0.3 is 9.64 Å². The molecule has 0 spiro atoms. The van der Waals surface area contributed by atoms with Gasteiger partial charge in [-0.25, -0.2) is 0 Å². The van der Waals surface area contributed by atoms with Crippen molar-refractivity contribution in [1.29, 1.82) is 0 Å². The lowest BCUT2D eigenvalue weighted by molar-refractivity contribution is -0.884. The summed E-state index contributed by atoms with van der Waals surface area (Å²) >= 11 is 0. The number of hydrogen-bond donors (Lipinski definition) is 1.